The van der Waals surface area contributed by atoms with E-state index in [-0.39, 0.29) is 5.76 Å². The summed E-state index contributed by atoms with van der Waals surface area (Å²) in [6.07, 6.45) is 15.7. The molecule has 170 valence electrons. The standard InChI is InChI=1S/C27H40N2O2/c1-6-9-12-20(13-10-7-2)22(11-8-3)17-24(21-14-15-21)28-23-18-25-26(16-19(23)4)31-27(30)29(25)5/h11-12,16,18,21,24,28H,6-10,13-15,17H2,1-5H3. The summed E-state index contributed by atoms with van der Waals surface area (Å²) in [4.78, 5) is 11.9. The maximum Gasteiger partial charge on any atom is 0.419 e. The van der Waals surface area contributed by atoms with Crippen LogP contribution in [0, 0.1) is 12.8 Å². The third kappa shape index (κ3) is 5.93. The number of aromatic nitrogens is 1. The van der Waals surface area contributed by atoms with Crippen LogP contribution in [0.15, 0.2) is 44.6 Å². The molecular formula is C27H40N2O2. The minimum atomic E-state index is -0.305. The first kappa shape index (κ1) is 23.4. The molecule has 1 atom stereocenters. The van der Waals surface area contributed by atoms with E-state index in [1.807, 2.05) is 6.07 Å². The molecule has 1 unspecified atom stereocenters. The molecule has 1 aromatic carbocycles. The molecule has 0 amide bonds. The lowest BCUT2D eigenvalue weighted by molar-refractivity contribution is 0.528. The molecule has 0 saturated heterocycles. The molecule has 4 heteroatoms. The lowest BCUT2D eigenvalue weighted by Gasteiger charge is -2.24. The normalized spacial score (nSPS) is 16.2. The van der Waals surface area contributed by atoms with Crippen LogP contribution in [0.2, 0.25) is 0 Å². The monoisotopic (exact) mass is 424 g/mol. The average Bonchev–Trinajstić information content (AvgIpc) is 3.55. The SMILES string of the molecule is CCC=C(CC(Nc1cc2c(cc1C)oc(=O)n2C)C1CC1)C(=CCCC)CCCC. The zero-order valence-corrected chi connectivity index (χ0v) is 20.1. The van der Waals surface area contributed by atoms with Gasteiger partial charge in [-0.2, -0.15) is 0 Å². The van der Waals surface area contributed by atoms with Crippen molar-refractivity contribution in [3.63, 3.8) is 0 Å². The van der Waals surface area contributed by atoms with Gasteiger partial charge in [0.2, 0.25) is 0 Å². The minimum absolute atomic E-state index is 0.305. The Balaban J connectivity index is 1.86. The summed E-state index contributed by atoms with van der Waals surface area (Å²) in [7, 11) is 1.77. The highest BCUT2D eigenvalue weighted by Crippen LogP contribution is 2.39. The van der Waals surface area contributed by atoms with Gasteiger partial charge in [-0.3, -0.25) is 4.57 Å². The zero-order chi connectivity index (χ0) is 22.4. The smallest absolute Gasteiger partial charge is 0.408 e. The summed E-state index contributed by atoms with van der Waals surface area (Å²) in [6.45, 7) is 8.87. The van der Waals surface area contributed by atoms with Crippen molar-refractivity contribution in [2.75, 3.05) is 5.32 Å². The second-order valence-corrected chi connectivity index (χ2v) is 9.11. The van der Waals surface area contributed by atoms with Crippen LogP contribution >= 0.6 is 0 Å². The number of rotatable bonds is 12. The fraction of sp³-hybridized carbons (Fsp3) is 0.593. The second-order valence-electron chi connectivity index (χ2n) is 9.11. The average molecular weight is 425 g/mol. The van der Waals surface area contributed by atoms with Gasteiger partial charge in [0.25, 0.3) is 0 Å². The van der Waals surface area contributed by atoms with E-state index < -0.39 is 0 Å². The molecule has 1 heterocycles. The quantitative estimate of drug-likeness (QED) is 0.364. The van der Waals surface area contributed by atoms with Gasteiger partial charge in [-0.15, -0.1) is 0 Å². The van der Waals surface area contributed by atoms with E-state index in [1.165, 1.54) is 44.1 Å². The van der Waals surface area contributed by atoms with Gasteiger partial charge in [-0.1, -0.05) is 45.8 Å². The van der Waals surface area contributed by atoms with Crippen molar-refractivity contribution in [1.82, 2.24) is 4.57 Å². The van der Waals surface area contributed by atoms with Crippen molar-refractivity contribution in [3.05, 3.63) is 51.5 Å². The maximum absolute atomic E-state index is 11.9. The lowest BCUT2D eigenvalue weighted by Crippen LogP contribution is -2.23. The third-order valence-corrected chi connectivity index (χ3v) is 6.45. The number of nitrogens with zero attached hydrogens (tertiary/aromatic N) is 1. The largest absolute Gasteiger partial charge is 0.419 e. The summed E-state index contributed by atoms with van der Waals surface area (Å²) >= 11 is 0. The Labute approximate surface area is 187 Å². The first-order valence-corrected chi connectivity index (χ1v) is 12.2. The first-order chi connectivity index (χ1) is 15.0. The number of oxazole rings is 1. The number of nitrogens with one attached hydrogen (secondary N) is 1. The Kier molecular flexibility index (Phi) is 8.22. The summed E-state index contributed by atoms with van der Waals surface area (Å²) < 4.78 is 6.95. The van der Waals surface area contributed by atoms with Crippen LogP contribution in [0.1, 0.15) is 84.1 Å². The zero-order valence-electron chi connectivity index (χ0n) is 20.1. The Morgan fingerprint density at radius 2 is 1.97 bits per heavy atom. The van der Waals surface area contributed by atoms with Gasteiger partial charge in [0.15, 0.2) is 5.58 Å². The lowest BCUT2D eigenvalue weighted by atomic mass is 9.91. The van der Waals surface area contributed by atoms with E-state index in [2.05, 4.69) is 51.2 Å². The number of allylic oxidation sites excluding steroid dienone is 3. The predicted octanol–water partition coefficient (Wildman–Crippen LogP) is 7.27. The Morgan fingerprint density at radius 1 is 1.19 bits per heavy atom. The molecule has 0 bridgehead atoms. The molecule has 2 aromatic rings. The van der Waals surface area contributed by atoms with Crippen LogP contribution in [0.25, 0.3) is 11.1 Å². The van der Waals surface area contributed by atoms with Gasteiger partial charge in [-0.25, -0.2) is 4.79 Å². The number of fused-ring (bicyclic) bond motifs is 1. The van der Waals surface area contributed by atoms with E-state index >= 15 is 0 Å². The first-order valence-electron chi connectivity index (χ1n) is 12.2. The highest BCUT2D eigenvalue weighted by Gasteiger charge is 2.32. The minimum Gasteiger partial charge on any atom is -0.408 e. The van der Waals surface area contributed by atoms with Crippen LogP contribution in [0.3, 0.4) is 0 Å². The van der Waals surface area contributed by atoms with Crippen molar-refractivity contribution in [1.29, 1.82) is 0 Å². The molecule has 0 spiro atoms. The van der Waals surface area contributed by atoms with E-state index in [0.717, 1.165) is 41.9 Å². The Morgan fingerprint density at radius 3 is 2.61 bits per heavy atom. The number of hydrogen-bond donors (Lipinski definition) is 1. The van der Waals surface area contributed by atoms with Crippen LogP contribution in [0.5, 0.6) is 0 Å². The fourth-order valence-electron chi connectivity index (χ4n) is 4.37. The van der Waals surface area contributed by atoms with Crippen molar-refractivity contribution in [2.24, 2.45) is 13.0 Å². The topological polar surface area (TPSA) is 47.2 Å². The molecule has 1 fully saturated rings. The fourth-order valence-corrected chi connectivity index (χ4v) is 4.37. The summed E-state index contributed by atoms with van der Waals surface area (Å²) in [5.74, 6) is 0.419. The third-order valence-electron chi connectivity index (χ3n) is 6.45. The number of hydrogen-bond acceptors (Lipinski definition) is 3. The second kappa shape index (κ2) is 10.9. The molecular weight excluding hydrogens is 384 g/mol. The number of aryl methyl sites for hydroxylation is 2. The number of unbranched alkanes of at least 4 members (excludes halogenated alkanes) is 2. The van der Waals surface area contributed by atoms with Crippen molar-refractivity contribution >= 4 is 16.8 Å². The number of anilines is 1. The molecule has 0 radical (unpaired) electrons. The van der Waals surface area contributed by atoms with Crippen molar-refractivity contribution in [3.8, 4) is 0 Å². The van der Waals surface area contributed by atoms with E-state index in [0.29, 0.717) is 11.6 Å². The number of benzene rings is 1. The van der Waals surface area contributed by atoms with Crippen molar-refractivity contribution in [2.45, 2.75) is 91.5 Å². The summed E-state index contributed by atoms with van der Waals surface area (Å²) in [5.41, 5.74) is 6.84. The van der Waals surface area contributed by atoms with E-state index in [9.17, 15) is 4.79 Å². The van der Waals surface area contributed by atoms with Crippen LogP contribution in [0.4, 0.5) is 5.69 Å². The molecule has 3 rings (SSSR count). The summed E-state index contributed by atoms with van der Waals surface area (Å²) in [6, 6.07) is 4.49. The van der Waals surface area contributed by atoms with Gasteiger partial charge in [0.05, 0.1) is 5.52 Å². The van der Waals surface area contributed by atoms with E-state index in [4.69, 9.17) is 4.42 Å². The van der Waals surface area contributed by atoms with Crippen LogP contribution in [-0.2, 0) is 7.05 Å². The molecule has 1 aliphatic carbocycles. The molecule has 1 aromatic heterocycles. The molecule has 1 saturated carbocycles. The van der Waals surface area contributed by atoms with Gasteiger partial charge >= 0.3 is 5.76 Å². The Hall–Kier alpha value is -2.23. The molecule has 1 aliphatic rings. The molecule has 31 heavy (non-hydrogen) atoms. The highest BCUT2D eigenvalue weighted by atomic mass is 16.4. The van der Waals surface area contributed by atoms with Crippen LogP contribution in [-0.4, -0.2) is 10.6 Å². The van der Waals surface area contributed by atoms with Gasteiger partial charge in [-0.05, 0) is 86.6 Å². The van der Waals surface area contributed by atoms with Gasteiger partial charge in [0, 0.05) is 18.8 Å². The van der Waals surface area contributed by atoms with Crippen molar-refractivity contribution < 1.29 is 4.42 Å². The van der Waals surface area contributed by atoms with Crippen LogP contribution < -0.4 is 11.1 Å². The summed E-state index contributed by atoms with van der Waals surface area (Å²) in [5, 5.41) is 3.87. The van der Waals surface area contributed by atoms with Gasteiger partial charge < -0.3 is 9.73 Å². The highest BCUT2D eigenvalue weighted by molar-refractivity contribution is 5.80. The maximum atomic E-state index is 11.9. The predicted molar refractivity (Wildman–Crippen MR) is 132 cm³/mol. The molecule has 0 aliphatic heterocycles. The Bertz CT molecular complexity index is 989. The van der Waals surface area contributed by atoms with Gasteiger partial charge in [0.1, 0.15) is 0 Å². The molecule has 1 N–H and O–H groups in total. The van der Waals surface area contributed by atoms with E-state index in [1.54, 1.807) is 17.2 Å². The molecule has 4 nitrogen and oxygen atoms in total.